The van der Waals surface area contributed by atoms with Crippen LogP contribution in [0.15, 0.2) is 72.8 Å². The van der Waals surface area contributed by atoms with E-state index in [1.807, 2.05) is 85.8 Å². The van der Waals surface area contributed by atoms with Crippen LogP contribution in [-0.2, 0) is 13.2 Å². The Morgan fingerprint density at radius 3 is 1.93 bits per heavy atom. The van der Waals surface area contributed by atoms with E-state index < -0.39 is 0 Å². The maximum absolute atomic E-state index is 6.25. The molecule has 3 aromatic carbocycles. The van der Waals surface area contributed by atoms with Crippen molar-refractivity contribution in [2.24, 2.45) is 0 Å². The largest absolute Gasteiger partial charge is 0.485 e. The predicted molar refractivity (Wildman–Crippen MR) is 113 cm³/mol. The SMILES string of the molecule is C/C=C/c1cccc(OCc2ccccc2Cl)c1OCc1ccccc1Cl. The molecule has 0 saturated carbocycles. The Labute approximate surface area is 170 Å². The first-order chi connectivity index (χ1) is 13.2. The van der Waals surface area contributed by atoms with E-state index in [2.05, 4.69) is 0 Å². The molecule has 0 atom stereocenters. The van der Waals surface area contributed by atoms with Gasteiger partial charge in [-0.3, -0.25) is 0 Å². The number of halogens is 2. The summed E-state index contributed by atoms with van der Waals surface area (Å²) in [5, 5.41) is 1.36. The summed E-state index contributed by atoms with van der Waals surface area (Å²) in [4.78, 5) is 0. The number of hydrogen-bond acceptors (Lipinski definition) is 2. The highest BCUT2D eigenvalue weighted by atomic mass is 35.5. The molecule has 0 bridgehead atoms. The molecular weight excluding hydrogens is 379 g/mol. The van der Waals surface area contributed by atoms with Gasteiger partial charge in [-0.2, -0.15) is 0 Å². The van der Waals surface area contributed by atoms with E-state index in [4.69, 9.17) is 32.7 Å². The Morgan fingerprint density at radius 2 is 1.33 bits per heavy atom. The number of ether oxygens (including phenoxy) is 2. The Hall–Kier alpha value is -2.42. The van der Waals surface area contributed by atoms with Crippen molar-refractivity contribution in [1.82, 2.24) is 0 Å². The fraction of sp³-hybridized carbons (Fsp3) is 0.130. The lowest BCUT2D eigenvalue weighted by Crippen LogP contribution is -2.02. The molecule has 3 aromatic rings. The van der Waals surface area contributed by atoms with Gasteiger partial charge in [-0.1, -0.05) is 83.9 Å². The first-order valence-corrected chi connectivity index (χ1v) is 9.42. The lowest BCUT2D eigenvalue weighted by molar-refractivity contribution is 0.255. The Balaban J connectivity index is 1.84. The molecule has 2 nitrogen and oxygen atoms in total. The van der Waals surface area contributed by atoms with E-state index >= 15 is 0 Å². The fourth-order valence-electron chi connectivity index (χ4n) is 2.65. The third kappa shape index (κ3) is 5.06. The van der Waals surface area contributed by atoms with Crippen molar-refractivity contribution in [2.75, 3.05) is 0 Å². The van der Waals surface area contributed by atoms with E-state index in [0.29, 0.717) is 34.8 Å². The lowest BCUT2D eigenvalue weighted by atomic mass is 10.1. The molecule has 0 aliphatic rings. The summed E-state index contributed by atoms with van der Waals surface area (Å²) in [6, 6.07) is 21.1. The van der Waals surface area contributed by atoms with E-state index in [0.717, 1.165) is 16.7 Å². The van der Waals surface area contributed by atoms with Gasteiger partial charge in [0.1, 0.15) is 13.2 Å². The first kappa shape index (κ1) is 19.3. The van der Waals surface area contributed by atoms with Gasteiger partial charge in [0.15, 0.2) is 11.5 Å². The Kier molecular flexibility index (Phi) is 6.80. The third-order valence-corrected chi connectivity index (χ3v) is 4.76. The minimum absolute atomic E-state index is 0.358. The molecule has 138 valence electrons. The van der Waals surface area contributed by atoms with Gasteiger partial charge in [-0.05, 0) is 25.1 Å². The Morgan fingerprint density at radius 1 is 0.741 bits per heavy atom. The van der Waals surface area contributed by atoms with Gasteiger partial charge in [0.2, 0.25) is 0 Å². The van der Waals surface area contributed by atoms with Crippen molar-refractivity contribution >= 4 is 29.3 Å². The third-order valence-electron chi connectivity index (χ3n) is 4.03. The highest BCUT2D eigenvalue weighted by Gasteiger charge is 2.12. The zero-order valence-corrected chi connectivity index (χ0v) is 16.5. The predicted octanol–water partition coefficient (Wildman–Crippen LogP) is 7.18. The zero-order chi connectivity index (χ0) is 19.1. The summed E-state index contributed by atoms with van der Waals surface area (Å²) < 4.78 is 12.1. The maximum atomic E-state index is 6.25. The summed E-state index contributed by atoms with van der Waals surface area (Å²) in [5.41, 5.74) is 2.79. The molecule has 0 N–H and O–H groups in total. The van der Waals surface area contributed by atoms with Gasteiger partial charge in [0.05, 0.1) is 0 Å². The van der Waals surface area contributed by atoms with E-state index in [1.165, 1.54) is 0 Å². The molecule has 0 aromatic heterocycles. The quantitative estimate of drug-likeness (QED) is 0.419. The van der Waals surface area contributed by atoms with Crippen LogP contribution in [0.1, 0.15) is 23.6 Å². The van der Waals surface area contributed by atoms with Crippen LogP contribution in [-0.4, -0.2) is 0 Å². The van der Waals surface area contributed by atoms with Crippen LogP contribution in [0.5, 0.6) is 11.5 Å². The minimum Gasteiger partial charge on any atom is -0.485 e. The van der Waals surface area contributed by atoms with Crippen LogP contribution in [0.4, 0.5) is 0 Å². The van der Waals surface area contributed by atoms with Crippen LogP contribution in [0.3, 0.4) is 0 Å². The van der Waals surface area contributed by atoms with E-state index in [1.54, 1.807) is 0 Å². The second-order valence-electron chi connectivity index (χ2n) is 5.93. The molecule has 0 heterocycles. The highest BCUT2D eigenvalue weighted by molar-refractivity contribution is 6.31. The second-order valence-corrected chi connectivity index (χ2v) is 6.75. The minimum atomic E-state index is 0.358. The summed E-state index contributed by atoms with van der Waals surface area (Å²) in [7, 11) is 0. The van der Waals surface area contributed by atoms with Gasteiger partial charge in [0.25, 0.3) is 0 Å². The van der Waals surface area contributed by atoms with E-state index in [9.17, 15) is 0 Å². The van der Waals surface area contributed by atoms with Gasteiger partial charge in [-0.15, -0.1) is 0 Å². The zero-order valence-electron chi connectivity index (χ0n) is 15.0. The van der Waals surface area contributed by atoms with Crippen LogP contribution in [0.2, 0.25) is 10.0 Å². The molecule has 0 saturated heterocycles. The molecule has 3 rings (SSSR count). The molecule has 0 aliphatic carbocycles. The first-order valence-electron chi connectivity index (χ1n) is 8.67. The topological polar surface area (TPSA) is 18.5 Å². The second kappa shape index (κ2) is 9.50. The van der Waals surface area contributed by atoms with Crippen molar-refractivity contribution in [3.63, 3.8) is 0 Å². The fourth-order valence-corrected chi connectivity index (χ4v) is 3.03. The normalized spacial score (nSPS) is 10.9. The maximum Gasteiger partial charge on any atom is 0.168 e. The van der Waals surface area contributed by atoms with Gasteiger partial charge in [0, 0.05) is 26.7 Å². The van der Waals surface area contributed by atoms with Crippen LogP contribution < -0.4 is 9.47 Å². The molecule has 27 heavy (non-hydrogen) atoms. The van der Waals surface area contributed by atoms with Crippen molar-refractivity contribution in [3.8, 4) is 11.5 Å². The van der Waals surface area contributed by atoms with E-state index in [-0.39, 0.29) is 0 Å². The Bertz CT molecular complexity index is 935. The van der Waals surface area contributed by atoms with Gasteiger partial charge < -0.3 is 9.47 Å². The summed E-state index contributed by atoms with van der Waals surface area (Å²) in [6.45, 7) is 2.69. The van der Waals surface area contributed by atoms with Crippen molar-refractivity contribution in [1.29, 1.82) is 0 Å². The van der Waals surface area contributed by atoms with Gasteiger partial charge >= 0.3 is 0 Å². The van der Waals surface area contributed by atoms with Crippen molar-refractivity contribution in [3.05, 3.63) is 99.5 Å². The van der Waals surface area contributed by atoms with Crippen LogP contribution in [0, 0.1) is 0 Å². The average Bonchev–Trinajstić information content (AvgIpc) is 2.68. The van der Waals surface area contributed by atoms with Gasteiger partial charge in [-0.25, -0.2) is 0 Å². The highest BCUT2D eigenvalue weighted by Crippen LogP contribution is 2.34. The molecule has 0 spiro atoms. The monoisotopic (exact) mass is 398 g/mol. The molecule has 0 radical (unpaired) electrons. The molecule has 0 unspecified atom stereocenters. The molecule has 4 heteroatoms. The average molecular weight is 399 g/mol. The molecule has 0 fully saturated rings. The molecule has 0 aliphatic heterocycles. The number of rotatable bonds is 7. The van der Waals surface area contributed by atoms with Crippen LogP contribution >= 0.6 is 23.2 Å². The molecule has 0 amide bonds. The smallest absolute Gasteiger partial charge is 0.168 e. The summed E-state index contributed by atoms with van der Waals surface area (Å²) in [6.07, 6.45) is 3.96. The summed E-state index contributed by atoms with van der Waals surface area (Å²) >= 11 is 12.5. The standard InChI is InChI=1S/C23H20Cl2O2/c1-2-8-17-11-7-14-22(26-15-18-9-3-5-12-20(18)24)23(17)27-16-19-10-4-6-13-21(19)25/h2-14H,15-16H2,1H3/b8-2+. The summed E-state index contributed by atoms with van der Waals surface area (Å²) in [5.74, 6) is 1.35. The number of benzene rings is 3. The van der Waals surface area contributed by atoms with Crippen molar-refractivity contribution < 1.29 is 9.47 Å². The van der Waals surface area contributed by atoms with Crippen LogP contribution in [0.25, 0.3) is 6.08 Å². The van der Waals surface area contributed by atoms with Crippen molar-refractivity contribution in [2.45, 2.75) is 20.1 Å². The lowest BCUT2D eigenvalue weighted by Gasteiger charge is -2.16. The number of hydrogen-bond donors (Lipinski definition) is 0. The number of para-hydroxylation sites is 1. The molecular formula is C23H20Cl2O2. The number of allylic oxidation sites excluding steroid dienone is 1.